The molecule has 3 N–H and O–H groups in total. The summed E-state index contributed by atoms with van der Waals surface area (Å²) in [5.41, 5.74) is 8.46. The van der Waals surface area contributed by atoms with Crippen LogP contribution in [0.1, 0.15) is 37.7 Å². The molecular formula is C20H26N4O. The van der Waals surface area contributed by atoms with E-state index in [1.165, 1.54) is 19.3 Å². The van der Waals surface area contributed by atoms with Crippen molar-refractivity contribution in [1.82, 2.24) is 15.1 Å². The second-order valence-corrected chi connectivity index (χ2v) is 7.53. The van der Waals surface area contributed by atoms with Crippen molar-refractivity contribution in [2.75, 3.05) is 0 Å². The number of hydrogen-bond acceptors (Lipinski definition) is 3. The monoisotopic (exact) mass is 338 g/mol. The average Bonchev–Trinajstić information content (AvgIpc) is 3.14. The van der Waals surface area contributed by atoms with E-state index in [1.54, 1.807) is 6.20 Å². The standard InChI is InChI=1S/C20H26N4O/c21-19-15-3-1-4-16(19)12-17(11-15)20(25)22-13-14-5-7-18(8-6-14)24-10-2-9-23-24/h2,5-10,15-17,19H,1,3-4,11-13,21H2,(H,22,25). The van der Waals surface area contributed by atoms with Gasteiger partial charge < -0.3 is 11.1 Å². The van der Waals surface area contributed by atoms with E-state index in [1.807, 2.05) is 41.2 Å². The second kappa shape index (κ2) is 7.00. The molecule has 2 atom stereocenters. The lowest BCUT2D eigenvalue weighted by Gasteiger charge is -2.43. The Morgan fingerprint density at radius 3 is 2.56 bits per heavy atom. The number of amides is 1. The highest BCUT2D eigenvalue weighted by atomic mass is 16.1. The number of nitrogens with zero attached hydrogens (tertiary/aromatic N) is 2. The van der Waals surface area contributed by atoms with E-state index in [2.05, 4.69) is 10.4 Å². The summed E-state index contributed by atoms with van der Waals surface area (Å²) in [5, 5.41) is 7.35. The minimum atomic E-state index is 0.137. The minimum Gasteiger partial charge on any atom is -0.352 e. The molecule has 5 heteroatoms. The van der Waals surface area contributed by atoms with Gasteiger partial charge in [0.05, 0.1) is 5.69 Å². The maximum atomic E-state index is 12.6. The average molecular weight is 338 g/mol. The van der Waals surface area contributed by atoms with Crippen molar-refractivity contribution in [2.24, 2.45) is 23.5 Å². The van der Waals surface area contributed by atoms with Crippen molar-refractivity contribution in [3.05, 3.63) is 48.3 Å². The van der Waals surface area contributed by atoms with E-state index in [0.717, 1.165) is 24.1 Å². The van der Waals surface area contributed by atoms with E-state index < -0.39 is 0 Å². The molecule has 2 fully saturated rings. The smallest absolute Gasteiger partial charge is 0.223 e. The molecule has 5 nitrogen and oxygen atoms in total. The maximum Gasteiger partial charge on any atom is 0.223 e. The van der Waals surface area contributed by atoms with Gasteiger partial charge in [0, 0.05) is 30.9 Å². The van der Waals surface area contributed by atoms with Crippen molar-refractivity contribution in [1.29, 1.82) is 0 Å². The van der Waals surface area contributed by atoms with Crippen LogP contribution in [0.25, 0.3) is 5.69 Å². The van der Waals surface area contributed by atoms with Gasteiger partial charge in [-0.15, -0.1) is 0 Å². The molecule has 0 radical (unpaired) electrons. The fourth-order valence-electron chi connectivity index (χ4n) is 4.52. The summed E-state index contributed by atoms with van der Waals surface area (Å²) in [4.78, 5) is 12.6. The van der Waals surface area contributed by atoms with Crippen LogP contribution in [0.15, 0.2) is 42.7 Å². The fourth-order valence-corrected chi connectivity index (χ4v) is 4.52. The first-order valence-electron chi connectivity index (χ1n) is 9.33. The molecule has 1 amide bonds. The molecule has 1 heterocycles. The molecular weight excluding hydrogens is 312 g/mol. The van der Waals surface area contributed by atoms with Crippen molar-refractivity contribution in [3.8, 4) is 5.69 Å². The molecule has 1 aromatic heterocycles. The van der Waals surface area contributed by atoms with Gasteiger partial charge >= 0.3 is 0 Å². The van der Waals surface area contributed by atoms with Crippen LogP contribution in [0.4, 0.5) is 0 Å². The minimum absolute atomic E-state index is 0.137. The molecule has 1 aromatic carbocycles. The molecule has 2 aromatic rings. The largest absolute Gasteiger partial charge is 0.352 e. The number of benzene rings is 1. The Bertz CT molecular complexity index is 696. The van der Waals surface area contributed by atoms with Crippen molar-refractivity contribution >= 4 is 5.91 Å². The first kappa shape index (κ1) is 16.3. The van der Waals surface area contributed by atoms with Crippen LogP contribution in [-0.2, 0) is 11.3 Å². The molecule has 2 bridgehead atoms. The molecule has 2 aliphatic carbocycles. The fraction of sp³-hybridized carbons (Fsp3) is 0.500. The van der Waals surface area contributed by atoms with Crippen LogP contribution in [0.5, 0.6) is 0 Å². The third-order valence-electron chi connectivity index (χ3n) is 5.96. The number of fused-ring (bicyclic) bond motifs is 2. The van der Waals surface area contributed by atoms with Crippen LogP contribution in [0.2, 0.25) is 0 Å². The number of aromatic nitrogens is 2. The van der Waals surface area contributed by atoms with Crippen LogP contribution >= 0.6 is 0 Å². The first-order valence-corrected chi connectivity index (χ1v) is 9.33. The van der Waals surface area contributed by atoms with Gasteiger partial charge in [0.2, 0.25) is 5.91 Å². The second-order valence-electron chi connectivity index (χ2n) is 7.53. The molecule has 132 valence electrons. The predicted octanol–water partition coefficient (Wildman–Crippen LogP) is 2.64. The van der Waals surface area contributed by atoms with E-state index >= 15 is 0 Å². The van der Waals surface area contributed by atoms with Crippen molar-refractivity contribution < 1.29 is 4.79 Å². The highest BCUT2D eigenvalue weighted by molar-refractivity contribution is 5.78. The van der Waals surface area contributed by atoms with Gasteiger partial charge in [-0.1, -0.05) is 18.6 Å². The Morgan fingerprint density at radius 2 is 1.92 bits per heavy atom. The van der Waals surface area contributed by atoms with Crippen molar-refractivity contribution in [3.63, 3.8) is 0 Å². The summed E-state index contributed by atoms with van der Waals surface area (Å²) in [7, 11) is 0. The Morgan fingerprint density at radius 1 is 1.20 bits per heavy atom. The lowest BCUT2D eigenvalue weighted by molar-refractivity contribution is -0.128. The number of rotatable bonds is 4. The van der Waals surface area contributed by atoms with Gasteiger partial charge in [0.1, 0.15) is 0 Å². The van der Waals surface area contributed by atoms with Gasteiger partial charge in [-0.2, -0.15) is 5.10 Å². The molecule has 4 rings (SSSR count). The highest BCUT2D eigenvalue weighted by Gasteiger charge is 2.40. The maximum absolute atomic E-state index is 12.6. The number of hydrogen-bond donors (Lipinski definition) is 2. The zero-order valence-electron chi connectivity index (χ0n) is 14.5. The molecule has 2 aliphatic rings. The van der Waals surface area contributed by atoms with E-state index in [9.17, 15) is 4.79 Å². The zero-order valence-corrected chi connectivity index (χ0v) is 14.5. The summed E-state index contributed by atoms with van der Waals surface area (Å²) in [6, 6.07) is 10.4. The normalized spacial score (nSPS) is 28.5. The van der Waals surface area contributed by atoms with Gasteiger partial charge in [-0.25, -0.2) is 4.68 Å². The van der Waals surface area contributed by atoms with Gasteiger partial charge in [0.15, 0.2) is 0 Å². The zero-order chi connectivity index (χ0) is 17.2. The number of carbonyl (C=O) groups is 1. The SMILES string of the molecule is NC1C2CCCC1CC(C(=O)NCc1ccc(-n3cccn3)cc1)C2. The third kappa shape index (κ3) is 3.47. The first-order chi connectivity index (χ1) is 12.2. The van der Waals surface area contributed by atoms with Crippen LogP contribution < -0.4 is 11.1 Å². The molecule has 0 aliphatic heterocycles. The van der Waals surface area contributed by atoms with Crippen LogP contribution in [0.3, 0.4) is 0 Å². The Hall–Kier alpha value is -2.14. The summed E-state index contributed by atoms with van der Waals surface area (Å²) in [6.45, 7) is 0.579. The van der Waals surface area contributed by atoms with Crippen molar-refractivity contribution in [2.45, 2.75) is 44.7 Å². The number of nitrogens with one attached hydrogen (secondary N) is 1. The summed E-state index contributed by atoms with van der Waals surface area (Å²) in [6.07, 6.45) is 9.26. The van der Waals surface area contributed by atoms with Crippen LogP contribution in [0, 0.1) is 17.8 Å². The molecule has 0 spiro atoms. The summed E-state index contributed by atoms with van der Waals surface area (Å²) in [5.74, 6) is 1.41. The molecule has 25 heavy (non-hydrogen) atoms. The summed E-state index contributed by atoms with van der Waals surface area (Å²) >= 11 is 0. The van der Waals surface area contributed by atoms with Gasteiger partial charge in [0.25, 0.3) is 0 Å². The van der Waals surface area contributed by atoms with E-state index in [0.29, 0.717) is 24.4 Å². The number of nitrogens with two attached hydrogens (primary N) is 1. The van der Waals surface area contributed by atoms with E-state index in [4.69, 9.17) is 5.73 Å². The Labute approximate surface area is 148 Å². The quantitative estimate of drug-likeness (QED) is 0.900. The molecule has 0 saturated heterocycles. The highest BCUT2D eigenvalue weighted by Crippen LogP contribution is 2.41. The lowest BCUT2D eigenvalue weighted by atomic mass is 9.65. The van der Waals surface area contributed by atoms with E-state index in [-0.39, 0.29) is 11.8 Å². The van der Waals surface area contributed by atoms with Gasteiger partial charge in [-0.3, -0.25) is 4.79 Å². The van der Waals surface area contributed by atoms with Crippen LogP contribution in [-0.4, -0.2) is 21.7 Å². The number of carbonyl (C=O) groups excluding carboxylic acids is 1. The Kier molecular flexibility index (Phi) is 4.57. The topological polar surface area (TPSA) is 72.9 Å². The molecule has 2 saturated carbocycles. The Balaban J connectivity index is 1.33. The summed E-state index contributed by atoms with van der Waals surface area (Å²) < 4.78 is 1.83. The lowest BCUT2D eigenvalue weighted by Crippen LogP contribution is -2.49. The third-order valence-corrected chi connectivity index (χ3v) is 5.96. The van der Waals surface area contributed by atoms with Gasteiger partial charge in [-0.05, 0) is 61.3 Å². The predicted molar refractivity (Wildman–Crippen MR) is 96.9 cm³/mol. The molecule has 2 unspecified atom stereocenters.